The van der Waals surface area contributed by atoms with Crippen LogP contribution >= 0.6 is 11.8 Å². The maximum atomic E-state index is 12.2. The smallest absolute Gasteiger partial charge is 0.338 e. The zero-order chi connectivity index (χ0) is 20.2. The molecule has 0 bridgehead atoms. The Hall–Kier alpha value is -3.66. The van der Waals surface area contributed by atoms with E-state index < -0.39 is 18.5 Å². The van der Waals surface area contributed by atoms with Gasteiger partial charge in [-0.1, -0.05) is 23.3 Å². The Morgan fingerprint density at radius 2 is 2.00 bits per heavy atom. The van der Waals surface area contributed by atoms with Gasteiger partial charge in [-0.3, -0.25) is 14.9 Å². The van der Waals surface area contributed by atoms with E-state index in [1.165, 1.54) is 17.8 Å². The third-order valence-electron chi connectivity index (χ3n) is 3.87. The maximum Gasteiger partial charge on any atom is 0.338 e. The molecule has 10 heteroatoms. The molecule has 29 heavy (non-hydrogen) atoms. The van der Waals surface area contributed by atoms with E-state index in [1.807, 2.05) is 18.2 Å². The van der Waals surface area contributed by atoms with Crippen LogP contribution in [0.25, 0.3) is 11.5 Å². The lowest BCUT2D eigenvalue weighted by molar-refractivity contribution is -0.119. The molecule has 3 aromatic rings. The zero-order valence-electron chi connectivity index (χ0n) is 14.9. The molecule has 9 nitrogen and oxygen atoms in total. The molecule has 0 radical (unpaired) electrons. The van der Waals surface area contributed by atoms with Crippen molar-refractivity contribution in [1.82, 2.24) is 10.2 Å². The van der Waals surface area contributed by atoms with Crippen molar-refractivity contribution < 1.29 is 23.5 Å². The molecule has 0 spiro atoms. The predicted octanol–water partition coefficient (Wildman–Crippen LogP) is 2.58. The van der Waals surface area contributed by atoms with E-state index in [0.717, 1.165) is 4.90 Å². The molecule has 1 aromatic heterocycles. The number of aromatic nitrogens is 2. The molecule has 0 fully saturated rings. The van der Waals surface area contributed by atoms with Gasteiger partial charge in [-0.05, 0) is 30.3 Å². The maximum absolute atomic E-state index is 12.2. The van der Waals surface area contributed by atoms with Crippen molar-refractivity contribution in [2.24, 2.45) is 0 Å². The lowest BCUT2D eigenvalue weighted by Crippen LogP contribution is -2.22. The second kappa shape index (κ2) is 8.15. The van der Waals surface area contributed by atoms with Gasteiger partial charge in [0.15, 0.2) is 6.61 Å². The van der Waals surface area contributed by atoms with Gasteiger partial charge >= 0.3 is 12.0 Å². The molecule has 2 heterocycles. The average molecular weight is 410 g/mol. The highest BCUT2D eigenvalue weighted by Gasteiger charge is 2.19. The molecule has 1 aliphatic heterocycles. The van der Waals surface area contributed by atoms with E-state index in [4.69, 9.17) is 9.15 Å². The Kier molecular flexibility index (Phi) is 5.25. The SMILES string of the molecule is O=C(COC(=O)c1ccc2c(c1)NC(=O)CS2)Nc1nnc(-c2ccccc2)o1. The molecule has 1 aliphatic rings. The average Bonchev–Trinajstić information content (AvgIpc) is 3.20. The number of carbonyl (C=O) groups is 3. The summed E-state index contributed by atoms with van der Waals surface area (Å²) in [6.07, 6.45) is 0. The third-order valence-corrected chi connectivity index (χ3v) is 4.95. The fourth-order valence-electron chi connectivity index (χ4n) is 2.55. The van der Waals surface area contributed by atoms with Gasteiger partial charge in [0, 0.05) is 10.5 Å². The first kappa shape index (κ1) is 18.7. The molecule has 2 aromatic carbocycles. The van der Waals surface area contributed by atoms with Gasteiger partial charge in [0.25, 0.3) is 5.91 Å². The van der Waals surface area contributed by atoms with Crippen LogP contribution < -0.4 is 10.6 Å². The van der Waals surface area contributed by atoms with E-state index in [1.54, 1.807) is 24.3 Å². The van der Waals surface area contributed by atoms with Crippen LogP contribution in [0.15, 0.2) is 57.8 Å². The third kappa shape index (κ3) is 4.43. The van der Waals surface area contributed by atoms with Crippen LogP contribution in [0.4, 0.5) is 11.7 Å². The fourth-order valence-corrected chi connectivity index (χ4v) is 3.34. The molecule has 0 saturated heterocycles. The summed E-state index contributed by atoms with van der Waals surface area (Å²) in [5.74, 6) is -0.862. The summed E-state index contributed by atoms with van der Waals surface area (Å²) >= 11 is 1.39. The number of fused-ring (bicyclic) bond motifs is 1. The minimum Gasteiger partial charge on any atom is -0.452 e. The van der Waals surface area contributed by atoms with Crippen LogP contribution in [0, 0.1) is 0 Å². The summed E-state index contributed by atoms with van der Waals surface area (Å²) in [6, 6.07) is 13.8. The number of rotatable bonds is 5. The number of carbonyl (C=O) groups excluding carboxylic acids is 3. The number of benzene rings is 2. The molecule has 146 valence electrons. The van der Waals surface area contributed by atoms with Gasteiger partial charge in [-0.25, -0.2) is 4.79 Å². The van der Waals surface area contributed by atoms with Crippen molar-refractivity contribution in [3.8, 4) is 11.5 Å². The van der Waals surface area contributed by atoms with Crippen molar-refractivity contribution in [2.45, 2.75) is 4.90 Å². The van der Waals surface area contributed by atoms with Crippen molar-refractivity contribution in [2.75, 3.05) is 23.0 Å². The predicted molar refractivity (Wildman–Crippen MR) is 104 cm³/mol. The number of nitrogens with one attached hydrogen (secondary N) is 2. The molecule has 0 atom stereocenters. The van der Waals surface area contributed by atoms with Crippen LogP contribution in [0.5, 0.6) is 0 Å². The van der Waals surface area contributed by atoms with Gasteiger partial charge in [0.1, 0.15) is 0 Å². The van der Waals surface area contributed by atoms with Gasteiger partial charge in [0.2, 0.25) is 11.8 Å². The van der Waals surface area contributed by atoms with Crippen LogP contribution in [0.1, 0.15) is 10.4 Å². The highest BCUT2D eigenvalue weighted by molar-refractivity contribution is 8.00. The Morgan fingerprint density at radius 3 is 2.83 bits per heavy atom. The topological polar surface area (TPSA) is 123 Å². The number of hydrogen-bond acceptors (Lipinski definition) is 8. The Balaban J connectivity index is 1.33. The van der Waals surface area contributed by atoms with Gasteiger partial charge in [0.05, 0.1) is 17.0 Å². The van der Waals surface area contributed by atoms with Crippen LogP contribution in [0.2, 0.25) is 0 Å². The van der Waals surface area contributed by atoms with E-state index in [2.05, 4.69) is 20.8 Å². The quantitative estimate of drug-likeness (QED) is 0.615. The lowest BCUT2D eigenvalue weighted by Gasteiger charge is -2.16. The second-order valence-corrected chi connectivity index (χ2v) is 6.97. The highest BCUT2D eigenvalue weighted by Crippen LogP contribution is 2.32. The van der Waals surface area contributed by atoms with E-state index in [9.17, 15) is 14.4 Å². The fraction of sp³-hybridized carbons (Fsp3) is 0.105. The van der Waals surface area contributed by atoms with Crippen molar-refractivity contribution in [3.63, 3.8) is 0 Å². The number of anilines is 2. The molecule has 0 aliphatic carbocycles. The Labute approximate surface area is 168 Å². The summed E-state index contributed by atoms with van der Waals surface area (Å²) in [5, 5.41) is 12.7. The highest BCUT2D eigenvalue weighted by atomic mass is 32.2. The molecule has 2 amide bonds. The van der Waals surface area contributed by atoms with Gasteiger partial charge in [-0.2, -0.15) is 0 Å². The summed E-state index contributed by atoms with van der Waals surface area (Å²) in [6.45, 7) is -0.528. The Bertz CT molecular complexity index is 1080. The minimum atomic E-state index is -0.691. The largest absolute Gasteiger partial charge is 0.452 e. The number of amides is 2. The van der Waals surface area contributed by atoms with Crippen molar-refractivity contribution in [1.29, 1.82) is 0 Å². The first-order chi connectivity index (χ1) is 14.1. The van der Waals surface area contributed by atoms with Crippen LogP contribution in [-0.2, 0) is 14.3 Å². The molecule has 0 saturated carbocycles. The normalized spacial score (nSPS) is 12.6. The van der Waals surface area contributed by atoms with Crippen molar-refractivity contribution >= 4 is 41.2 Å². The first-order valence-electron chi connectivity index (χ1n) is 8.51. The summed E-state index contributed by atoms with van der Waals surface area (Å²) < 4.78 is 10.4. The number of hydrogen-bond donors (Lipinski definition) is 2. The van der Waals surface area contributed by atoms with E-state index >= 15 is 0 Å². The number of nitrogens with zero attached hydrogens (tertiary/aromatic N) is 2. The molecule has 4 rings (SSSR count). The molecular formula is C19H14N4O5S. The summed E-state index contributed by atoms with van der Waals surface area (Å²) in [5.41, 5.74) is 1.48. The van der Waals surface area contributed by atoms with Crippen LogP contribution in [-0.4, -0.2) is 40.3 Å². The Morgan fingerprint density at radius 1 is 1.17 bits per heavy atom. The second-order valence-electron chi connectivity index (χ2n) is 5.95. The monoisotopic (exact) mass is 410 g/mol. The zero-order valence-corrected chi connectivity index (χ0v) is 15.7. The van der Waals surface area contributed by atoms with Crippen molar-refractivity contribution in [3.05, 3.63) is 54.1 Å². The molecule has 2 N–H and O–H groups in total. The van der Waals surface area contributed by atoms with Gasteiger partial charge < -0.3 is 14.5 Å². The molecule has 0 unspecified atom stereocenters. The number of ether oxygens (including phenoxy) is 1. The summed E-state index contributed by atoms with van der Waals surface area (Å²) in [7, 11) is 0. The van der Waals surface area contributed by atoms with Gasteiger partial charge in [-0.15, -0.1) is 16.9 Å². The number of thioether (sulfide) groups is 1. The van der Waals surface area contributed by atoms with E-state index in [-0.39, 0.29) is 23.4 Å². The van der Waals surface area contributed by atoms with Crippen LogP contribution in [0.3, 0.4) is 0 Å². The first-order valence-corrected chi connectivity index (χ1v) is 9.49. The summed E-state index contributed by atoms with van der Waals surface area (Å²) in [4.78, 5) is 36.5. The molecular weight excluding hydrogens is 396 g/mol. The lowest BCUT2D eigenvalue weighted by atomic mass is 10.2. The minimum absolute atomic E-state index is 0.0987. The number of esters is 1. The van der Waals surface area contributed by atoms with E-state index in [0.29, 0.717) is 17.0 Å². The standard InChI is InChI=1S/C19H14N4O5S/c24-15(21-19-23-22-17(28-19)11-4-2-1-3-5-11)9-27-18(26)12-6-7-14-13(8-12)20-16(25)10-29-14/h1-8H,9-10H2,(H,20,25)(H,21,23,24).